The van der Waals surface area contributed by atoms with Crippen molar-refractivity contribution >= 4 is 17.3 Å². The van der Waals surface area contributed by atoms with E-state index < -0.39 is 0 Å². The number of methoxy groups -OCH3 is 1. The third kappa shape index (κ3) is 2.81. The number of rotatable bonds is 2. The number of benzene rings is 1. The van der Waals surface area contributed by atoms with Gasteiger partial charge in [0.05, 0.1) is 11.2 Å². The van der Waals surface area contributed by atoms with Crippen LogP contribution in [0.2, 0.25) is 0 Å². The molecule has 1 aliphatic rings. The molecule has 4 N–H and O–H groups in total. The van der Waals surface area contributed by atoms with Crippen LogP contribution in [0.15, 0.2) is 18.2 Å². The molecular formula is C14H21N3O2. The molecule has 1 atom stereocenters. The molecule has 0 spiro atoms. The number of nitrogen functional groups attached to an aromatic ring is 2. The summed E-state index contributed by atoms with van der Waals surface area (Å²) in [5, 5.41) is 0. The average Bonchev–Trinajstić information content (AvgIpc) is 2.38. The molecule has 0 aromatic heterocycles. The van der Waals surface area contributed by atoms with Crippen molar-refractivity contribution in [2.24, 2.45) is 0 Å². The first-order chi connectivity index (χ1) is 8.95. The predicted molar refractivity (Wildman–Crippen MR) is 75.8 cm³/mol. The molecule has 1 aliphatic heterocycles. The van der Waals surface area contributed by atoms with Gasteiger partial charge < -0.3 is 21.1 Å². The molecule has 1 aromatic rings. The van der Waals surface area contributed by atoms with Crippen molar-refractivity contribution in [3.05, 3.63) is 23.8 Å². The number of likely N-dealkylation sites (tertiary alicyclic amines) is 1. The fourth-order valence-electron chi connectivity index (χ4n) is 2.49. The van der Waals surface area contributed by atoms with Crippen LogP contribution in [0.25, 0.3) is 0 Å². The summed E-state index contributed by atoms with van der Waals surface area (Å²) >= 11 is 0. The van der Waals surface area contributed by atoms with Crippen LogP contribution in [0.4, 0.5) is 11.4 Å². The van der Waals surface area contributed by atoms with Crippen LogP contribution in [-0.4, -0.2) is 36.6 Å². The highest BCUT2D eigenvalue weighted by atomic mass is 16.5. The van der Waals surface area contributed by atoms with Crippen molar-refractivity contribution in [3.8, 4) is 0 Å². The number of amides is 1. The SMILES string of the molecule is COC1(C)CCCN(C(=O)c2ccc(N)cc2N)C1. The first kappa shape index (κ1) is 13.7. The summed E-state index contributed by atoms with van der Waals surface area (Å²) < 4.78 is 5.50. The zero-order valence-corrected chi connectivity index (χ0v) is 11.5. The highest BCUT2D eigenvalue weighted by molar-refractivity contribution is 5.99. The van der Waals surface area contributed by atoms with Gasteiger partial charge in [-0.2, -0.15) is 0 Å². The van der Waals surface area contributed by atoms with E-state index in [0.29, 0.717) is 23.5 Å². The number of carbonyl (C=O) groups is 1. The maximum absolute atomic E-state index is 12.5. The van der Waals surface area contributed by atoms with Crippen LogP contribution in [0.3, 0.4) is 0 Å². The van der Waals surface area contributed by atoms with E-state index in [1.165, 1.54) is 0 Å². The van der Waals surface area contributed by atoms with Gasteiger partial charge in [-0.1, -0.05) is 0 Å². The standard InChI is InChI=1S/C14H21N3O2/c1-14(19-2)6-3-7-17(9-14)13(18)11-5-4-10(15)8-12(11)16/h4-5,8H,3,6-7,9,15-16H2,1-2H3. The number of nitrogens with two attached hydrogens (primary N) is 2. The predicted octanol–water partition coefficient (Wildman–Crippen LogP) is 1.49. The fourth-order valence-corrected chi connectivity index (χ4v) is 2.49. The molecule has 5 nitrogen and oxygen atoms in total. The molecule has 1 saturated heterocycles. The molecule has 5 heteroatoms. The Morgan fingerprint density at radius 2 is 2.16 bits per heavy atom. The molecule has 1 aromatic carbocycles. The smallest absolute Gasteiger partial charge is 0.256 e. The summed E-state index contributed by atoms with van der Waals surface area (Å²) in [7, 11) is 1.69. The number of anilines is 2. The number of carbonyl (C=O) groups excluding carboxylic acids is 1. The zero-order chi connectivity index (χ0) is 14.0. The molecule has 1 heterocycles. The van der Waals surface area contributed by atoms with Gasteiger partial charge in [-0.25, -0.2) is 0 Å². The second-order valence-electron chi connectivity index (χ2n) is 5.33. The van der Waals surface area contributed by atoms with Crippen LogP contribution in [0, 0.1) is 0 Å². The van der Waals surface area contributed by atoms with Crippen molar-refractivity contribution in [2.45, 2.75) is 25.4 Å². The van der Waals surface area contributed by atoms with Crippen LogP contribution < -0.4 is 11.5 Å². The van der Waals surface area contributed by atoms with Crippen LogP contribution in [0.5, 0.6) is 0 Å². The lowest BCUT2D eigenvalue weighted by atomic mass is 9.94. The monoisotopic (exact) mass is 263 g/mol. The Hall–Kier alpha value is -1.75. The highest BCUT2D eigenvalue weighted by Crippen LogP contribution is 2.26. The van der Waals surface area contributed by atoms with E-state index in [0.717, 1.165) is 19.4 Å². The molecule has 1 fully saturated rings. The minimum absolute atomic E-state index is 0.0551. The number of ether oxygens (including phenoxy) is 1. The molecular weight excluding hydrogens is 242 g/mol. The van der Waals surface area contributed by atoms with Gasteiger partial charge in [0.1, 0.15) is 0 Å². The maximum Gasteiger partial charge on any atom is 0.256 e. The van der Waals surface area contributed by atoms with Gasteiger partial charge in [0.15, 0.2) is 0 Å². The first-order valence-electron chi connectivity index (χ1n) is 6.45. The summed E-state index contributed by atoms with van der Waals surface area (Å²) in [4.78, 5) is 14.3. The summed E-state index contributed by atoms with van der Waals surface area (Å²) in [6, 6.07) is 5.00. The van der Waals surface area contributed by atoms with E-state index in [2.05, 4.69) is 0 Å². The molecule has 1 amide bonds. The summed E-state index contributed by atoms with van der Waals surface area (Å²) in [5.74, 6) is -0.0551. The Bertz CT molecular complexity index is 490. The van der Waals surface area contributed by atoms with E-state index in [4.69, 9.17) is 16.2 Å². The van der Waals surface area contributed by atoms with E-state index in [1.54, 1.807) is 30.2 Å². The second-order valence-corrected chi connectivity index (χ2v) is 5.33. The minimum Gasteiger partial charge on any atom is -0.399 e. The van der Waals surface area contributed by atoms with Crippen molar-refractivity contribution in [2.75, 3.05) is 31.7 Å². The van der Waals surface area contributed by atoms with E-state index in [-0.39, 0.29) is 11.5 Å². The van der Waals surface area contributed by atoms with Gasteiger partial charge in [-0.05, 0) is 38.0 Å². The number of nitrogens with zero attached hydrogens (tertiary/aromatic N) is 1. The third-order valence-corrected chi connectivity index (χ3v) is 3.75. The van der Waals surface area contributed by atoms with E-state index in [1.807, 2.05) is 6.92 Å². The minimum atomic E-state index is -0.267. The normalized spacial score (nSPS) is 23.4. The van der Waals surface area contributed by atoms with Gasteiger partial charge in [0, 0.05) is 31.6 Å². The number of piperidine rings is 1. The van der Waals surface area contributed by atoms with Gasteiger partial charge in [-0.3, -0.25) is 4.79 Å². The maximum atomic E-state index is 12.5. The Kier molecular flexibility index (Phi) is 3.66. The lowest BCUT2D eigenvalue weighted by molar-refractivity contribution is -0.0439. The lowest BCUT2D eigenvalue weighted by Crippen LogP contribution is -2.49. The van der Waals surface area contributed by atoms with Gasteiger partial charge in [-0.15, -0.1) is 0 Å². The second kappa shape index (κ2) is 5.09. The molecule has 0 aliphatic carbocycles. The van der Waals surface area contributed by atoms with Crippen molar-refractivity contribution in [1.82, 2.24) is 4.90 Å². The summed E-state index contributed by atoms with van der Waals surface area (Å²) in [6.45, 7) is 3.35. The quantitative estimate of drug-likeness (QED) is 0.792. The zero-order valence-electron chi connectivity index (χ0n) is 11.5. The van der Waals surface area contributed by atoms with Gasteiger partial charge >= 0.3 is 0 Å². The molecule has 1 unspecified atom stereocenters. The number of hydrogen-bond donors (Lipinski definition) is 2. The molecule has 19 heavy (non-hydrogen) atoms. The fraction of sp³-hybridized carbons (Fsp3) is 0.500. The Labute approximate surface area is 113 Å². The Morgan fingerprint density at radius 3 is 2.79 bits per heavy atom. The van der Waals surface area contributed by atoms with E-state index in [9.17, 15) is 4.79 Å². The van der Waals surface area contributed by atoms with Crippen LogP contribution >= 0.6 is 0 Å². The molecule has 104 valence electrons. The summed E-state index contributed by atoms with van der Waals surface area (Å²) in [5.41, 5.74) is 12.7. The summed E-state index contributed by atoms with van der Waals surface area (Å²) in [6.07, 6.45) is 1.90. The van der Waals surface area contributed by atoms with E-state index >= 15 is 0 Å². The molecule has 0 saturated carbocycles. The highest BCUT2D eigenvalue weighted by Gasteiger charge is 2.33. The van der Waals surface area contributed by atoms with Crippen molar-refractivity contribution in [3.63, 3.8) is 0 Å². The Morgan fingerprint density at radius 1 is 1.42 bits per heavy atom. The van der Waals surface area contributed by atoms with Crippen LogP contribution in [-0.2, 0) is 4.74 Å². The Balaban J connectivity index is 2.19. The largest absolute Gasteiger partial charge is 0.399 e. The van der Waals surface area contributed by atoms with Crippen molar-refractivity contribution < 1.29 is 9.53 Å². The topological polar surface area (TPSA) is 81.6 Å². The average molecular weight is 263 g/mol. The van der Waals surface area contributed by atoms with Crippen LogP contribution in [0.1, 0.15) is 30.1 Å². The molecule has 0 bridgehead atoms. The first-order valence-corrected chi connectivity index (χ1v) is 6.45. The molecule has 0 radical (unpaired) electrons. The van der Waals surface area contributed by atoms with Gasteiger partial charge in [0.25, 0.3) is 5.91 Å². The lowest BCUT2D eigenvalue weighted by Gasteiger charge is -2.39. The van der Waals surface area contributed by atoms with Crippen molar-refractivity contribution in [1.29, 1.82) is 0 Å². The molecule has 2 rings (SSSR count). The third-order valence-electron chi connectivity index (χ3n) is 3.75. The van der Waals surface area contributed by atoms with Gasteiger partial charge in [0.2, 0.25) is 0 Å². The number of hydrogen-bond acceptors (Lipinski definition) is 4.